The van der Waals surface area contributed by atoms with Gasteiger partial charge in [0.1, 0.15) is 5.78 Å². The normalized spacial score (nSPS) is 11.1. The van der Waals surface area contributed by atoms with E-state index in [0.29, 0.717) is 12.3 Å². The fourth-order valence-corrected chi connectivity index (χ4v) is 1.06. The topological polar surface area (TPSA) is 20.3 Å². The zero-order chi connectivity index (χ0) is 8.85. The van der Waals surface area contributed by atoms with Gasteiger partial charge in [-0.15, -0.1) is 0 Å². The van der Waals surface area contributed by atoms with Gasteiger partial charge in [-0.25, -0.2) is 0 Å². The largest absolute Gasteiger partial charge is 0.306 e. The van der Waals surface area contributed by atoms with Gasteiger partial charge in [-0.3, -0.25) is 4.79 Å². The highest BCUT2D eigenvalue weighted by atomic mass is 16.1. The molecule has 0 rings (SSSR count). The second-order valence-electron chi connectivity index (χ2n) is 3.61. The van der Waals surface area contributed by atoms with Crippen molar-refractivity contribution in [3.05, 3.63) is 0 Å². The molecule has 0 fully saturated rings. The molecular weight excluding hydrogens is 138 g/mol. The zero-order valence-electron chi connectivity index (χ0n) is 8.05. The van der Waals surface area contributed by atoms with Gasteiger partial charge in [-0.1, -0.05) is 13.8 Å². The Kier molecular flexibility index (Phi) is 5.12. The summed E-state index contributed by atoms with van der Waals surface area (Å²) in [5.74, 6) is 0.965. The number of ketones is 1. The van der Waals surface area contributed by atoms with E-state index in [1.54, 1.807) is 6.92 Å². The molecule has 66 valence electrons. The van der Waals surface area contributed by atoms with Gasteiger partial charge in [-0.2, -0.15) is 0 Å². The molecule has 0 radical (unpaired) electrons. The summed E-state index contributed by atoms with van der Waals surface area (Å²) >= 11 is 0. The van der Waals surface area contributed by atoms with Crippen LogP contribution in [0.3, 0.4) is 0 Å². The van der Waals surface area contributed by atoms with E-state index in [9.17, 15) is 4.79 Å². The predicted molar refractivity (Wildman–Crippen MR) is 47.6 cm³/mol. The van der Waals surface area contributed by atoms with E-state index in [4.69, 9.17) is 0 Å². The number of rotatable bonds is 5. The summed E-state index contributed by atoms with van der Waals surface area (Å²) in [7, 11) is 2.06. The number of nitrogens with zero attached hydrogens (tertiary/aromatic N) is 1. The molecule has 2 heteroatoms. The summed E-state index contributed by atoms with van der Waals surface area (Å²) in [6.45, 7) is 7.98. The Hall–Kier alpha value is -0.370. The van der Waals surface area contributed by atoms with Crippen molar-refractivity contribution in [1.29, 1.82) is 0 Å². The van der Waals surface area contributed by atoms with Crippen molar-refractivity contribution in [3.63, 3.8) is 0 Å². The lowest BCUT2D eigenvalue weighted by Crippen LogP contribution is -2.25. The lowest BCUT2D eigenvalue weighted by molar-refractivity contribution is -0.117. The SMILES string of the molecule is CC(=O)CCN(C)CC(C)C. The Balaban J connectivity index is 3.37. The summed E-state index contributed by atoms with van der Waals surface area (Å²) in [6, 6.07) is 0. The third kappa shape index (κ3) is 7.53. The molecule has 2 nitrogen and oxygen atoms in total. The Morgan fingerprint density at radius 1 is 1.45 bits per heavy atom. The quantitative estimate of drug-likeness (QED) is 0.603. The fourth-order valence-electron chi connectivity index (χ4n) is 1.06. The third-order valence-corrected chi connectivity index (χ3v) is 1.52. The van der Waals surface area contributed by atoms with Crippen LogP contribution in [0.1, 0.15) is 27.2 Å². The monoisotopic (exact) mass is 157 g/mol. The highest BCUT2D eigenvalue weighted by molar-refractivity contribution is 5.75. The Morgan fingerprint density at radius 2 is 2.00 bits per heavy atom. The van der Waals surface area contributed by atoms with Gasteiger partial charge in [0.2, 0.25) is 0 Å². The van der Waals surface area contributed by atoms with Crippen molar-refractivity contribution in [2.75, 3.05) is 20.1 Å². The average molecular weight is 157 g/mol. The molecule has 0 aromatic heterocycles. The second kappa shape index (κ2) is 5.30. The number of hydrogen-bond acceptors (Lipinski definition) is 2. The first-order valence-corrected chi connectivity index (χ1v) is 4.20. The Labute approximate surface area is 69.6 Å². The van der Waals surface area contributed by atoms with Crippen molar-refractivity contribution in [2.45, 2.75) is 27.2 Å². The maximum atomic E-state index is 10.6. The minimum Gasteiger partial charge on any atom is -0.306 e. The number of Topliss-reactive ketones (excluding diaryl/α,β-unsaturated/α-hetero) is 1. The summed E-state index contributed by atoms with van der Waals surface area (Å²) in [4.78, 5) is 12.8. The van der Waals surface area contributed by atoms with Crippen LogP contribution < -0.4 is 0 Å². The molecule has 0 heterocycles. The molecule has 0 saturated heterocycles. The Bertz CT molecular complexity index is 121. The summed E-state index contributed by atoms with van der Waals surface area (Å²) < 4.78 is 0. The van der Waals surface area contributed by atoms with Crippen LogP contribution in [-0.2, 0) is 4.79 Å². The molecule has 0 aliphatic carbocycles. The van der Waals surface area contributed by atoms with Crippen LogP contribution >= 0.6 is 0 Å². The van der Waals surface area contributed by atoms with Gasteiger partial charge < -0.3 is 4.90 Å². The van der Waals surface area contributed by atoms with E-state index in [1.165, 1.54) is 0 Å². The molecule has 11 heavy (non-hydrogen) atoms. The summed E-state index contributed by atoms with van der Waals surface area (Å²) in [5, 5.41) is 0. The molecule has 0 N–H and O–H groups in total. The van der Waals surface area contributed by atoms with Gasteiger partial charge in [0.25, 0.3) is 0 Å². The number of carbonyl (C=O) groups excluding carboxylic acids is 1. The lowest BCUT2D eigenvalue weighted by Gasteiger charge is -2.17. The van der Waals surface area contributed by atoms with Crippen LogP contribution in [0.15, 0.2) is 0 Å². The van der Waals surface area contributed by atoms with Crippen molar-refractivity contribution < 1.29 is 4.79 Å². The standard InChI is InChI=1S/C9H19NO/c1-8(2)7-10(4)6-5-9(3)11/h8H,5-7H2,1-4H3. The van der Waals surface area contributed by atoms with Crippen molar-refractivity contribution in [2.24, 2.45) is 5.92 Å². The van der Waals surface area contributed by atoms with Crippen molar-refractivity contribution >= 4 is 5.78 Å². The van der Waals surface area contributed by atoms with Gasteiger partial charge in [0.15, 0.2) is 0 Å². The second-order valence-corrected chi connectivity index (χ2v) is 3.61. The smallest absolute Gasteiger partial charge is 0.131 e. The maximum absolute atomic E-state index is 10.6. The maximum Gasteiger partial charge on any atom is 0.131 e. The predicted octanol–water partition coefficient (Wildman–Crippen LogP) is 1.55. The molecule has 0 amide bonds. The van der Waals surface area contributed by atoms with Crippen LogP contribution in [0.25, 0.3) is 0 Å². The van der Waals surface area contributed by atoms with Crippen molar-refractivity contribution in [3.8, 4) is 0 Å². The highest BCUT2D eigenvalue weighted by Gasteiger charge is 2.01. The highest BCUT2D eigenvalue weighted by Crippen LogP contribution is 1.96. The van der Waals surface area contributed by atoms with Crippen LogP contribution in [0.5, 0.6) is 0 Å². The molecule has 0 saturated carbocycles. The molecule has 0 aliphatic rings. The van der Waals surface area contributed by atoms with E-state index >= 15 is 0 Å². The summed E-state index contributed by atoms with van der Waals surface area (Å²) in [6.07, 6.45) is 0.684. The van der Waals surface area contributed by atoms with E-state index < -0.39 is 0 Å². The van der Waals surface area contributed by atoms with Crippen molar-refractivity contribution in [1.82, 2.24) is 4.90 Å². The van der Waals surface area contributed by atoms with Crippen LogP contribution in [0.4, 0.5) is 0 Å². The first kappa shape index (κ1) is 10.6. The van der Waals surface area contributed by atoms with Crippen LogP contribution in [0.2, 0.25) is 0 Å². The van der Waals surface area contributed by atoms with E-state index in [0.717, 1.165) is 13.1 Å². The summed E-state index contributed by atoms with van der Waals surface area (Å²) in [5.41, 5.74) is 0. The molecule has 0 unspecified atom stereocenters. The minimum absolute atomic E-state index is 0.278. The molecule has 0 bridgehead atoms. The zero-order valence-corrected chi connectivity index (χ0v) is 8.05. The first-order valence-electron chi connectivity index (χ1n) is 4.20. The van der Waals surface area contributed by atoms with Gasteiger partial charge in [-0.05, 0) is 19.9 Å². The van der Waals surface area contributed by atoms with Crippen LogP contribution in [0, 0.1) is 5.92 Å². The Morgan fingerprint density at radius 3 is 2.36 bits per heavy atom. The lowest BCUT2D eigenvalue weighted by atomic mass is 10.2. The van der Waals surface area contributed by atoms with E-state index in [-0.39, 0.29) is 5.78 Å². The molecule has 0 aromatic rings. The van der Waals surface area contributed by atoms with E-state index in [2.05, 4.69) is 25.8 Å². The van der Waals surface area contributed by atoms with E-state index in [1.807, 2.05) is 0 Å². The number of hydrogen-bond donors (Lipinski definition) is 0. The molecule has 0 atom stereocenters. The van der Waals surface area contributed by atoms with Crippen LogP contribution in [-0.4, -0.2) is 30.8 Å². The molecule has 0 aromatic carbocycles. The molecule has 0 spiro atoms. The van der Waals surface area contributed by atoms with Gasteiger partial charge in [0.05, 0.1) is 0 Å². The molecular formula is C9H19NO. The fraction of sp³-hybridized carbons (Fsp3) is 0.889. The van der Waals surface area contributed by atoms with Gasteiger partial charge in [0, 0.05) is 19.5 Å². The third-order valence-electron chi connectivity index (χ3n) is 1.52. The minimum atomic E-state index is 0.278. The first-order chi connectivity index (χ1) is 5.02. The average Bonchev–Trinajstić information content (AvgIpc) is 1.82. The van der Waals surface area contributed by atoms with Gasteiger partial charge >= 0.3 is 0 Å². The number of carbonyl (C=O) groups is 1. The molecule has 0 aliphatic heterocycles.